The zero-order valence-electron chi connectivity index (χ0n) is 14.3. The van der Waals surface area contributed by atoms with Gasteiger partial charge in [-0.3, -0.25) is 0 Å². The lowest BCUT2D eigenvalue weighted by Crippen LogP contribution is -2.41. The maximum Gasteiger partial charge on any atom is 0.319 e. The molecule has 1 aliphatic carbocycles. The zero-order chi connectivity index (χ0) is 17.8. The minimum Gasteiger partial charge on any atom is -0.474 e. The molecule has 7 heteroatoms. The average Bonchev–Trinajstić information content (AvgIpc) is 3.12. The summed E-state index contributed by atoms with van der Waals surface area (Å²) >= 11 is 0. The predicted molar refractivity (Wildman–Crippen MR) is 95.6 cm³/mol. The van der Waals surface area contributed by atoms with Crippen LogP contribution in [0.3, 0.4) is 0 Å². The van der Waals surface area contributed by atoms with Crippen LogP contribution in [-0.2, 0) is 0 Å². The summed E-state index contributed by atoms with van der Waals surface area (Å²) in [5.74, 6) is 2.00. The van der Waals surface area contributed by atoms with E-state index >= 15 is 0 Å². The lowest BCUT2D eigenvalue weighted by atomic mass is 9.93. The van der Waals surface area contributed by atoms with Gasteiger partial charge in [-0.2, -0.15) is 0 Å². The van der Waals surface area contributed by atoms with Crippen LogP contribution >= 0.6 is 0 Å². The molecule has 1 aliphatic heterocycles. The van der Waals surface area contributed by atoms with Crippen molar-refractivity contribution in [2.24, 2.45) is 0 Å². The Morgan fingerprint density at radius 3 is 2.73 bits per heavy atom. The van der Waals surface area contributed by atoms with Gasteiger partial charge >= 0.3 is 6.03 Å². The first-order valence-corrected chi connectivity index (χ1v) is 8.81. The molecule has 0 bridgehead atoms. The number of carbonyl (C=O) groups is 1. The Labute approximate surface area is 151 Å². The molecule has 1 fully saturated rings. The van der Waals surface area contributed by atoms with E-state index in [0.717, 1.165) is 25.7 Å². The number of urea groups is 1. The van der Waals surface area contributed by atoms with Gasteiger partial charge in [0.1, 0.15) is 6.10 Å². The number of amides is 2. The molecule has 0 saturated heterocycles. The van der Waals surface area contributed by atoms with Crippen LogP contribution in [0.5, 0.6) is 17.4 Å². The molecule has 1 aromatic carbocycles. The van der Waals surface area contributed by atoms with Crippen LogP contribution in [0.15, 0.2) is 42.6 Å². The number of nitrogens with one attached hydrogen (secondary N) is 2. The second kappa shape index (κ2) is 7.51. The molecule has 2 amide bonds. The number of benzene rings is 1. The summed E-state index contributed by atoms with van der Waals surface area (Å²) in [7, 11) is 0. The number of hydrogen-bond acceptors (Lipinski definition) is 5. The minimum atomic E-state index is -0.210. The van der Waals surface area contributed by atoms with E-state index in [1.807, 2.05) is 18.2 Å². The van der Waals surface area contributed by atoms with Crippen molar-refractivity contribution < 1.29 is 19.0 Å². The molecule has 0 radical (unpaired) electrons. The molecule has 26 heavy (non-hydrogen) atoms. The summed E-state index contributed by atoms with van der Waals surface area (Å²) in [6.45, 7) is 0.217. The van der Waals surface area contributed by atoms with E-state index < -0.39 is 0 Å². The standard InChI is InChI=1S/C19H21N3O4/c23-19(22-14-6-9-16-17(11-14)25-12-24-16)21-13-4-7-15(8-5-13)26-18-3-1-2-10-20-18/h1-3,6,9-11,13,15H,4-5,7-8,12H2,(H2,21,22,23). The first kappa shape index (κ1) is 16.5. The second-order valence-corrected chi connectivity index (χ2v) is 6.43. The van der Waals surface area contributed by atoms with E-state index in [-0.39, 0.29) is 25.0 Å². The van der Waals surface area contributed by atoms with Crippen molar-refractivity contribution in [3.63, 3.8) is 0 Å². The first-order chi connectivity index (χ1) is 12.8. The summed E-state index contributed by atoms with van der Waals surface area (Å²) in [6, 6.07) is 10.9. The molecule has 2 N–H and O–H groups in total. The Balaban J connectivity index is 1.23. The fraction of sp³-hybridized carbons (Fsp3) is 0.368. The van der Waals surface area contributed by atoms with Crippen LogP contribution in [0, 0.1) is 0 Å². The SMILES string of the molecule is O=C(Nc1ccc2c(c1)OCO2)NC1CCC(Oc2ccccn2)CC1. The van der Waals surface area contributed by atoms with Gasteiger partial charge in [-0.25, -0.2) is 9.78 Å². The number of aromatic nitrogens is 1. The Hall–Kier alpha value is -2.96. The van der Waals surface area contributed by atoms with Crippen molar-refractivity contribution in [1.29, 1.82) is 0 Å². The molecule has 0 atom stereocenters. The van der Waals surface area contributed by atoms with Gasteiger partial charge in [0.25, 0.3) is 0 Å². The van der Waals surface area contributed by atoms with Gasteiger partial charge in [0, 0.05) is 30.1 Å². The van der Waals surface area contributed by atoms with Crippen LogP contribution in [0.2, 0.25) is 0 Å². The fourth-order valence-electron chi connectivity index (χ4n) is 3.24. The van der Waals surface area contributed by atoms with Crippen molar-refractivity contribution >= 4 is 11.7 Å². The highest BCUT2D eigenvalue weighted by atomic mass is 16.7. The van der Waals surface area contributed by atoms with Gasteiger partial charge in [-0.05, 0) is 43.9 Å². The highest BCUT2D eigenvalue weighted by molar-refractivity contribution is 5.89. The van der Waals surface area contributed by atoms with E-state index in [1.165, 1.54) is 0 Å². The normalized spacial score (nSPS) is 21.1. The molecular formula is C19H21N3O4. The molecular weight excluding hydrogens is 334 g/mol. The number of fused-ring (bicyclic) bond motifs is 1. The molecule has 0 spiro atoms. The molecule has 7 nitrogen and oxygen atoms in total. The van der Waals surface area contributed by atoms with E-state index in [9.17, 15) is 4.79 Å². The summed E-state index contributed by atoms with van der Waals surface area (Å²) in [5, 5.41) is 5.87. The van der Waals surface area contributed by atoms with Crippen molar-refractivity contribution in [2.75, 3.05) is 12.1 Å². The summed E-state index contributed by atoms with van der Waals surface area (Å²) in [4.78, 5) is 16.4. The third-order valence-electron chi connectivity index (χ3n) is 4.57. The third-order valence-corrected chi connectivity index (χ3v) is 4.57. The Bertz CT molecular complexity index is 761. The van der Waals surface area contributed by atoms with Gasteiger partial charge < -0.3 is 24.8 Å². The van der Waals surface area contributed by atoms with Gasteiger partial charge in [0.15, 0.2) is 11.5 Å². The Morgan fingerprint density at radius 2 is 1.92 bits per heavy atom. The van der Waals surface area contributed by atoms with E-state index in [4.69, 9.17) is 14.2 Å². The lowest BCUT2D eigenvalue weighted by Gasteiger charge is -2.29. The number of ether oxygens (including phenoxy) is 3. The van der Waals surface area contributed by atoms with Gasteiger partial charge in [0.2, 0.25) is 12.7 Å². The Kier molecular flexibility index (Phi) is 4.77. The highest BCUT2D eigenvalue weighted by Gasteiger charge is 2.24. The fourth-order valence-corrected chi connectivity index (χ4v) is 3.24. The minimum absolute atomic E-state index is 0.146. The van der Waals surface area contributed by atoms with E-state index in [2.05, 4.69) is 15.6 Å². The van der Waals surface area contributed by atoms with Crippen LogP contribution in [0.25, 0.3) is 0 Å². The van der Waals surface area contributed by atoms with Gasteiger partial charge in [0.05, 0.1) is 0 Å². The van der Waals surface area contributed by atoms with Crippen molar-refractivity contribution in [2.45, 2.75) is 37.8 Å². The van der Waals surface area contributed by atoms with Crippen LogP contribution in [0.1, 0.15) is 25.7 Å². The topological polar surface area (TPSA) is 81.7 Å². The molecule has 2 aromatic rings. The Morgan fingerprint density at radius 1 is 1.08 bits per heavy atom. The number of hydrogen-bond donors (Lipinski definition) is 2. The third kappa shape index (κ3) is 3.99. The summed E-state index contributed by atoms with van der Waals surface area (Å²) in [6.07, 6.45) is 5.43. The van der Waals surface area contributed by atoms with Crippen molar-refractivity contribution in [3.8, 4) is 17.4 Å². The maximum atomic E-state index is 12.2. The van der Waals surface area contributed by atoms with Gasteiger partial charge in [-0.15, -0.1) is 0 Å². The first-order valence-electron chi connectivity index (χ1n) is 8.81. The number of pyridine rings is 1. The molecule has 2 heterocycles. The number of carbonyl (C=O) groups excluding carboxylic acids is 1. The van der Waals surface area contributed by atoms with Crippen molar-refractivity contribution in [3.05, 3.63) is 42.6 Å². The number of anilines is 1. The van der Waals surface area contributed by atoms with Crippen molar-refractivity contribution in [1.82, 2.24) is 10.3 Å². The molecule has 2 aliphatic rings. The number of nitrogens with zero attached hydrogens (tertiary/aromatic N) is 1. The monoisotopic (exact) mass is 355 g/mol. The van der Waals surface area contributed by atoms with Crippen LogP contribution in [-0.4, -0.2) is 30.0 Å². The summed E-state index contributed by atoms with van der Waals surface area (Å²) in [5.41, 5.74) is 0.680. The molecule has 1 aromatic heterocycles. The molecule has 4 rings (SSSR count). The molecule has 0 unspecified atom stereocenters. The number of rotatable bonds is 4. The summed E-state index contributed by atoms with van der Waals surface area (Å²) < 4.78 is 16.5. The largest absolute Gasteiger partial charge is 0.474 e. The second-order valence-electron chi connectivity index (χ2n) is 6.43. The smallest absolute Gasteiger partial charge is 0.319 e. The predicted octanol–water partition coefficient (Wildman–Crippen LogP) is 3.32. The maximum absolute atomic E-state index is 12.2. The zero-order valence-corrected chi connectivity index (χ0v) is 14.3. The van der Waals surface area contributed by atoms with Crippen LogP contribution < -0.4 is 24.8 Å². The highest BCUT2D eigenvalue weighted by Crippen LogP contribution is 2.34. The quantitative estimate of drug-likeness (QED) is 0.879. The van der Waals surface area contributed by atoms with E-state index in [1.54, 1.807) is 24.4 Å². The van der Waals surface area contributed by atoms with Gasteiger partial charge in [-0.1, -0.05) is 6.07 Å². The molecule has 136 valence electrons. The average molecular weight is 355 g/mol. The van der Waals surface area contributed by atoms with E-state index in [0.29, 0.717) is 23.1 Å². The lowest BCUT2D eigenvalue weighted by molar-refractivity contribution is 0.135. The molecule has 1 saturated carbocycles. The van der Waals surface area contributed by atoms with Crippen LogP contribution in [0.4, 0.5) is 10.5 Å².